The number of hydrogen-bond acceptors (Lipinski definition) is 3. The Bertz CT molecular complexity index is 573. The van der Waals surface area contributed by atoms with Gasteiger partial charge in [0, 0.05) is 18.7 Å². The van der Waals surface area contributed by atoms with Crippen LogP contribution in [0.5, 0.6) is 0 Å². The summed E-state index contributed by atoms with van der Waals surface area (Å²) in [7, 11) is 0. The van der Waals surface area contributed by atoms with Crippen LogP contribution in [0.1, 0.15) is 16.8 Å². The molecule has 0 aromatic heterocycles. The van der Waals surface area contributed by atoms with E-state index < -0.39 is 16.4 Å². The predicted octanol–water partition coefficient (Wildman–Crippen LogP) is 2.84. The Morgan fingerprint density at radius 3 is 2.47 bits per heavy atom. The fourth-order valence-electron chi connectivity index (χ4n) is 1.94. The lowest BCUT2D eigenvalue weighted by Crippen LogP contribution is -2.25. The van der Waals surface area contributed by atoms with Crippen molar-refractivity contribution in [2.75, 3.05) is 11.4 Å². The molecule has 2 rings (SSSR count). The number of amides is 1. The van der Waals surface area contributed by atoms with Gasteiger partial charge in [-0.05, 0) is 41.4 Å². The second-order valence-electron chi connectivity index (χ2n) is 4.15. The van der Waals surface area contributed by atoms with Crippen molar-refractivity contribution < 1.29 is 14.4 Å². The number of halogens is 3. The molecule has 1 saturated heterocycles. The van der Waals surface area contributed by atoms with Crippen molar-refractivity contribution >= 4 is 56.9 Å². The highest BCUT2D eigenvalue weighted by Gasteiger charge is 2.34. The molecule has 1 aromatic carbocycles. The Kier molecular flexibility index (Phi) is 4.13. The summed E-state index contributed by atoms with van der Waals surface area (Å²) < 4.78 is 0. The molecule has 1 fully saturated rings. The summed E-state index contributed by atoms with van der Waals surface area (Å²) in [4.78, 5) is 35.5. The van der Waals surface area contributed by atoms with Gasteiger partial charge in [-0.3, -0.25) is 14.4 Å². The molecule has 0 aliphatic carbocycles. The number of carbonyl (C=O) groups is 3. The summed E-state index contributed by atoms with van der Waals surface area (Å²) >= 11 is 16.6. The maximum Gasteiger partial charge on any atom is 0.253 e. The van der Waals surface area contributed by atoms with E-state index in [1.54, 1.807) is 6.07 Å². The van der Waals surface area contributed by atoms with Crippen LogP contribution in [0, 0.1) is 5.92 Å². The minimum Gasteiger partial charge on any atom is -0.312 e. The first kappa shape index (κ1) is 14.3. The van der Waals surface area contributed by atoms with E-state index in [1.165, 1.54) is 17.0 Å². The Morgan fingerprint density at radius 1 is 1.26 bits per heavy atom. The molecule has 0 radical (unpaired) electrons. The second-order valence-corrected chi connectivity index (χ2v) is 5.27. The summed E-state index contributed by atoms with van der Waals surface area (Å²) in [6.45, 7) is 0.193. The molecular formula is C12H8Cl3NO3. The van der Waals surface area contributed by atoms with E-state index in [9.17, 15) is 14.4 Å². The first-order chi connectivity index (χ1) is 8.90. The molecule has 0 N–H and O–H groups in total. The van der Waals surface area contributed by atoms with E-state index in [2.05, 4.69) is 0 Å². The van der Waals surface area contributed by atoms with Crippen LogP contribution in [0.4, 0.5) is 5.69 Å². The fourth-order valence-corrected chi connectivity index (χ4v) is 2.50. The van der Waals surface area contributed by atoms with E-state index in [-0.39, 0.29) is 29.5 Å². The lowest BCUT2D eigenvalue weighted by molar-refractivity contribution is -0.120. The van der Waals surface area contributed by atoms with Crippen molar-refractivity contribution in [1.29, 1.82) is 0 Å². The van der Waals surface area contributed by atoms with Crippen molar-refractivity contribution in [3.05, 3.63) is 28.8 Å². The number of nitrogens with zero attached hydrogens (tertiary/aromatic N) is 1. The molecule has 1 amide bonds. The van der Waals surface area contributed by atoms with Crippen LogP contribution < -0.4 is 4.90 Å². The van der Waals surface area contributed by atoms with Crippen LogP contribution >= 0.6 is 34.8 Å². The van der Waals surface area contributed by atoms with Crippen molar-refractivity contribution in [3.63, 3.8) is 0 Å². The van der Waals surface area contributed by atoms with Crippen LogP contribution in [0.15, 0.2) is 18.2 Å². The first-order valence-corrected chi connectivity index (χ1v) is 6.52. The summed E-state index contributed by atoms with van der Waals surface area (Å²) in [5, 5.41) is -1.04. The van der Waals surface area contributed by atoms with Crippen molar-refractivity contribution in [3.8, 4) is 0 Å². The van der Waals surface area contributed by atoms with E-state index >= 15 is 0 Å². The van der Waals surface area contributed by atoms with E-state index in [0.717, 1.165) is 0 Å². The highest BCUT2D eigenvalue weighted by atomic mass is 35.5. The summed E-state index contributed by atoms with van der Waals surface area (Å²) in [6, 6.07) is 4.50. The van der Waals surface area contributed by atoms with E-state index in [0.29, 0.717) is 5.69 Å². The van der Waals surface area contributed by atoms with Gasteiger partial charge in [0.1, 0.15) is 0 Å². The van der Waals surface area contributed by atoms with E-state index in [1.807, 2.05) is 0 Å². The third kappa shape index (κ3) is 2.91. The smallest absolute Gasteiger partial charge is 0.253 e. The molecule has 0 saturated carbocycles. The van der Waals surface area contributed by atoms with E-state index in [4.69, 9.17) is 34.8 Å². The van der Waals surface area contributed by atoms with Crippen LogP contribution in [0.2, 0.25) is 5.02 Å². The third-order valence-corrected chi connectivity index (χ3v) is 3.76. The number of rotatable bonds is 3. The quantitative estimate of drug-likeness (QED) is 0.805. The third-order valence-electron chi connectivity index (χ3n) is 2.92. The maximum absolute atomic E-state index is 11.8. The van der Waals surface area contributed by atoms with Gasteiger partial charge in [0.05, 0.1) is 16.5 Å². The molecule has 4 nitrogen and oxygen atoms in total. The minimum absolute atomic E-state index is 0.0646. The van der Waals surface area contributed by atoms with Crippen LogP contribution in [-0.4, -0.2) is 22.9 Å². The van der Waals surface area contributed by atoms with Gasteiger partial charge < -0.3 is 4.90 Å². The molecule has 0 spiro atoms. The number of carbonyl (C=O) groups excluding carboxylic acids is 3. The minimum atomic E-state index is -0.705. The van der Waals surface area contributed by atoms with Crippen LogP contribution in [0.3, 0.4) is 0 Å². The Morgan fingerprint density at radius 2 is 1.95 bits per heavy atom. The van der Waals surface area contributed by atoms with Crippen molar-refractivity contribution in [2.45, 2.75) is 6.42 Å². The second kappa shape index (κ2) is 5.49. The van der Waals surface area contributed by atoms with Crippen LogP contribution in [0.25, 0.3) is 0 Å². The fraction of sp³-hybridized carbons (Fsp3) is 0.250. The lowest BCUT2D eigenvalue weighted by Gasteiger charge is -2.17. The van der Waals surface area contributed by atoms with Crippen LogP contribution in [-0.2, 0) is 9.59 Å². The average molecular weight is 321 g/mol. The van der Waals surface area contributed by atoms with Gasteiger partial charge in [-0.1, -0.05) is 11.6 Å². The van der Waals surface area contributed by atoms with Gasteiger partial charge in [0.2, 0.25) is 11.1 Å². The molecule has 1 aliphatic heterocycles. The van der Waals surface area contributed by atoms with Gasteiger partial charge in [-0.25, -0.2) is 0 Å². The standard InChI is InChI=1S/C12H8Cl3NO3/c13-9-2-1-7(4-8(9)12(15)19)16-5-6(11(14)18)3-10(16)17/h1-2,4,6H,3,5H2. The molecule has 1 aliphatic rings. The number of anilines is 1. The first-order valence-electron chi connectivity index (χ1n) is 5.39. The molecule has 1 atom stereocenters. The highest BCUT2D eigenvalue weighted by Crippen LogP contribution is 2.30. The average Bonchev–Trinajstić information content (AvgIpc) is 2.72. The Labute approximate surface area is 124 Å². The van der Waals surface area contributed by atoms with Gasteiger partial charge >= 0.3 is 0 Å². The molecule has 1 aromatic rings. The zero-order chi connectivity index (χ0) is 14.2. The molecule has 0 bridgehead atoms. The Hall–Kier alpha value is -1.10. The molecule has 7 heteroatoms. The van der Waals surface area contributed by atoms with Gasteiger partial charge in [-0.2, -0.15) is 0 Å². The SMILES string of the molecule is O=C(Cl)c1cc(N2CC(C(=O)Cl)CC2=O)ccc1Cl. The predicted molar refractivity (Wildman–Crippen MR) is 73.0 cm³/mol. The lowest BCUT2D eigenvalue weighted by atomic mass is 10.1. The van der Waals surface area contributed by atoms with Gasteiger partial charge in [0.25, 0.3) is 5.24 Å². The summed E-state index contributed by atoms with van der Waals surface area (Å²) in [5.41, 5.74) is 0.591. The highest BCUT2D eigenvalue weighted by molar-refractivity contribution is 6.68. The summed E-state index contributed by atoms with van der Waals surface area (Å²) in [5.74, 6) is -0.755. The number of hydrogen-bond donors (Lipinski definition) is 0. The monoisotopic (exact) mass is 319 g/mol. The normalized spacial score (nSPS) is 18.8. The number of benzene rings is 1. The van der Waals surface area contributed by atoms with Gasteiger partial charge in [-0.15, -0.1) is 0 Å². The van der Waals surface area contributed by atoms with Crippen molar-refractivity contribution in [2.24, 2.45) is 5.92 Å². The summed E-state index contributed by atoms with van der Waals surface area (Å²) in [6.07, 6.45) is 0.0646. The maximum atomic E-state index is 11.8. The molecule has 100 valence electrons. The molecule has 19 heavy (non-hydrogen) atoms. The van der Waals surface area contributed by atoms with Crippen molar-refractivity contribution in [1.82, 2.24) is 0 Å². The zero-order valence-corrected chi connectivity index (χ0v) is 11.8. The molecule has 1 heterocycles. The molecular weight excluding hydrogens is 312 g/mol. The van der Waals surface area contributed by atoms with Gasteiger partial charge in [0.15, 0.2) is 0 Å². The topological polar surface area (TPSA) is 54.5 Å². The molecule has 1 unspecified atom stereocenters. The zero-order valence-electron chi connectivity index (χ0n) is 9.53. The largest absolute Gasteiger partial charge is 0.312 e. The Balaban J connectivity index is 2.33.